The summed E-state index contributed by atoms with van der Waals surface area (Å²) < 4.78 is 6.09. The Labute approximate surface area is 196 Å². The Morgan fingerprint density at radius 2 is 1.70 bits per heavy atom. The first-order valence-corrected chi connectivity index (χ1v) is 12.3. The van der Waals surface area contributed by atoms with Crippen LogP contribution in [0.25, 0.3) is 22.6 Å². The van der Waals surface area contributed by atoms with Gasteiger partial charge in [-0.25, -0.2) is 4.98 Å². The maximum Gasteiger partial charge on any atom is 0.226 e. The Morgan fingerprint density at radius 1 is 0.939 bits per heavy atom. The molecule has 2 fully saturated rings. The van der Waals surface area contributed by atoms with Crippen LogP contribution in [-0.4, -0.2) is 46.4 Å². The zero-order valence-corrected chi connectivity index (χ0v) is 19.5. The molecule has 0 saturated carbocycles. The van der Waals surface area contributed by atoms with E-state index < -0.39 is 0 Å². The van der Waals surface area contributed by atoms with Gasteiger partial charge < -0.3 is 9.32 Å². The molecule has 0 aliphatic carbocycles. The maximum absolute atomic E-state index is 12.0. The van der Waals surface area contributed by atoms with E-state index in [1.165, 1.54) is 30.4 Å². The lowest BCUT2D eigenvalue weighted by molar-refractivity contribution is -0.127. The van der Waals surface area contributed by atoms with E-state index in [0.29, 0.717) is 17.8 Å². The Hall–Kier alpha value is -2.92. The van der Waals surface area contributed by atoms with Gasteiger partial charge in [0.15, 0.2) is 0 Å². The molecule has 3 aromatic rings. The van der Waals surface area contributed by atoms with Gasteiger partial charge in [-0.15, -0.1) is 0 Å². The highest BCUT2D eigenvalue weighted by molar-refractivity contribution is 5.78. The van der Waals surface area contributed by atoms with Crippen LogP contribution in [0.15, 0.2) is 59.0 Å². The fourth-order valence-corrected chi connectivity index (χ4v) is 5.17. The molecule has 1 aromatic heterocycles. The minimum atomic E-state index is 0.327. The van der Waals surface area contributed by atoms with Crippen LogP contribution in [0.1, 0.15) is 50.0 Å². The van der Waals surface area contributed by atoms with Crippen molar-refractivity contribution in [1.82, 2.24) is 14.8 Å². The van der Waals surface area contributed by atoms with Crippen molar-refractivity contribution in [1.29, 1.82) is 0 Å². The molecule has 2 aromatic carbocycles. The Bertz CT molecular complexity index is 1070. The van der Waals surface area contributed by atoms with Crippen molar-refractivity contribution in [2.75, 3.05) is 19.6 Å². The Morgan fingerprint density at radius 3 is 2.45 bits per heavy atom. The number of hydrogen-bond acceptors (Lipinski definition) is 4. The van der Waals surface area contributed by atoms with Crippen molar-refractivity contribution in [2.24, 2.45) is 0 Å². The van der Waals surface area contributed by atoms with Gasteiger partial charge in [-0.3, -0.25) is 9.69 Å². The number of likely N-dealkylation sites (tertiary alicyclic amines) is 2. The first-order valence-electron chi connectivity index (χ1n) is 12.3. The highest BCUT2D eigenvalue weighted by Gasteiger charge is 2.27. The van der Waals surface area contributed by atoms with Crippen LogP contribution in [0.2, 0.25) is 0 Å². The highest BCUT2D eigenvalue weighted by Crippen LogP contribution is 2.28. The third-order valence-corrected chi connectivity index (χ3v) is 7.14. The van der Waals surface area contributed by atoms with Crippen LogP contribution in [0, 0.1) is 6.92 Å². The van der Waals surface area contributed by atoms with Gasteiger partial charge in [-0.1, -0.05) is 48.9 Å². The molecule has 0 bridgehead atoms. The van der Waals surface area contributed by atoms with Crippen molar-refractivity contribution in [3.8, 4) is 22.6 Å². The number of amides is 1. The largest absolute Gasteiger partial charge is 0.441 e. The predicted molar refractivity (Wildman–Crippen MR) is 131 cm³/mol. The normalized spacial score (nSPS) is 19.4. The maximum atomic E-state index is 12.0. The molecule has 1 amide bonds. The number of hydrogen-bond donors (Lipinski definition) is 0. The minimum absolute atomic E-state index is 0.327. The molecular weight excluding hydrogens is 410 g/mol. The van der Waals surface area contributed by atoms with E-state index in [1.54, 1.807) is 0 Å². The fourth-order valence-electron chi connectivity index (χ4n) is 5.17. The van der Waals surface area contributed by atoms with Gasteiger partial charge in [0.1, 0.15) is 5.76 Å². The second-order valence-corrected chi connectivity index (χ2v) is 9.36. The molecule has 0 spiro atoms. The van der Waals surface area contributed by atoms with Gasteiger partial charge in [-0.2, -0.15) is 0 Å². The van der Waals surface area contributed by atoms with Crippen molar-refractivity contribution in [2.45, 2.75) is 58.0 Å². The standard InChI is InChI=1S/C28H33N3O2/c1-21-26(20-31-17-6-5-10-25(31)16-19-30-18-7-11-27(30)32)29-28(33-21)24-14-12-23(13-15-24)22-8-3-2-4-9-22/h2-4,8-9,12-15,25H,5-7,10-11,16-20H2,1H3/t25-/m1/s1. The van der Waals surface area contributed by atoms with E-state index in [0.717, 1.165) is 62.5 Å². The lowest BCUT2D eigenvalue weighted by atomic mass is 9.98. The average molecular weight is 444 g/mol. The first-order chi connectivity index (χ1) is 16.2. The molecule has 5 rings (SSSR count). The summed E-state index contributed by atoms with van der Waals surface area (Å²) in [6, 6.07) is 19.4. The number of aromatic nitrogens is 1. The van der Waals surface area contributed by atoms with E-state index >= 15 is 0 Å². The van der Waals surface area contributed by atoms with E-state index in [2.05, 4.69) is 53.4 Å². The van der Waals surface area contributed by atoms with Crippen molar-refractivity contribution in [3.63, 3.8) is 0 Å². The van der Waals surface area contributed by atoms with Gasteiger partial charge in [0.05, 0.1) is 5.69 Å². The molecule has 5 heteroatoms. The van der Waals surface area contributed by atoms with Crippen LogP contribution >= 0.6 is 0 Å². The molecule has 1 atom stereocenters. The molecule has 3 heterocycles. The lowest BCUT2D eigenvalue weighted by Crippen LogP contribution is -2.41. The Kier molecular flexibility index (Phi) is 6.58. The summed E-state index contributed by atoms with van der Waals surface area (Å²) in [6.07, 6.45) is 6.49. The van der Waals surface area contributed by atoms with Gasteiger partial charge in [-0.05, 0) is 62.4 Å². The number of carbonyl (C=O) groups excluding carboxylic acids is 1. The number of nitrogens with zero attached hydrogens (tertiary/aromatic N) is 3. The SMILES string of the molecule is Cc1oc(-c2ccc(-c3ccccc3)cc2)nc1CN1CCCC[C@@H]1CCN1CCCC1=O. The predicted octanol–water partition coefficient (Wildman–Crippen LogP) is 5.68. The highest BCUT2D eigenvalue weighted by atomic mass is 16.4. The summed E-state index contributed by atoms with van der Waals surface area (Å²) >= 11 is 0. The van der Waals surface area contributed by atoms with Crippen LogP contribution in [0.4, 0.5) is 0 Å². The molecule has 2 saturated heterocycles. The third-order valence-electron chi connectivity index (χ3n) is 7.14. The number of piperidine rings is 1. The van der Waals surface area contributed by atoms with E-state index in [-0.39, 0.29) is 0 Å². The van der Waals surface area contributed by atoms with E-state index in [9.17, 15) is 4.79 Å². The molecular formula is C28H33N3O2. The van der Waals surface area contributed by atoms with Crippen LogP contribution < -0.4 is 0 Å². The number of rotatable bonds is 7. The molecule has 0 unspecified atom stereocenters. The van der Waals surface area contributed by atoms with E-state index in [1.807, 2.05) is 17.9 Å². The van der Waals surface area contributed by atoms with Crippen LogP contribution in [0.5, 0.6) is 0 Å². The van der Waals surface area contributed by atoms with Gasteiger partial charge in [0.25, 0.3) is 0 Å². The minimum Gasteiger partial charge on any atom is -0.441 e. The van der Waals surface area contributed by atoms with Crippen LogP contribution in [-0.2, 0) is 11.3 Å². The molecule has 172 valence electrons. The van der Waals surface area contributed by atoms with Gasteiger partial charge in [0, 0.05) is 37.7 Å². The lowest BCUT2D eigenvalue weighted by Gasteiger charge is -2.36. The third kappa shape index (κ3) is 5.03. The summed E-state index contributed by atoms with van der Waals surface area (Å²) in [5.74, 6) is 1.92. The summed E-state index contributed by atoms with van der Waals surface area (Å²) in [4.78, 5) is 21.5. The number of carbonyl (C=O) groups is 1. The van der Waals surface area contributed by atoms with Crippen molar-refractivity contribution in [3.05, 3.63) is 66.1 Å². The second-order valence-electron chi connectivity index (χ2n) is 9.36. The fraction of sp³-hybridized carbons (Fsp3) is 0.429. The first kappa shape index (κ1) is 21.9. The van der Waals surface area contributed by atoms with Crippen molar-refractivity contribution < 1.29 is 9.21 Å². The van der Waals surface area contributed by atoms with E-state index in [4.69, 9.17) is 9.40 Å². The summed E-state index contributed by atoms with van der Waals surface area (Å²) in [5.41, 5.74) is 4.43. The second kappa shape index (κ2) is 9.92. The number of oxazole rings is 1. The van der Waals surface area contributed by atoms with Crippen molar-refractivity contribution >= 4 is 5.91 Å². The zero-order valence-electron chi connectivity index (χ0n) is 19.5. The smallest absolute Gasteiger partial charge is 0.226 e. The topological polar surface area (TPSA) is 49.6 Å². The molecule has 0 radical (unpaired) electrons. The summed E-state index contributed by atoms with van der Waals surface area (Å²) in [7, 11) is 0. The molecule has 2 aliphatic heterocycles. The van der Waals surface area contributed by atoms with Crippen LogP contribution in [0.3, 0.4) is 0 Å². The molecule has 0 N–H and O–H groups in total. The summed E-state index contributed by atoms with van der Waals surface area (Å²) in [6.45, 7) is 5.74. The zero-order chi connectivity index (χ0) is 22.6. The molecule has 33 heavy (non-hydrogen) atoms. The number of aryl methyl sites for hydroxylation is 1. The number of benzene rings is 2. The summed E-state index contributed by atoms with van der Waals surface area (Å²) in [5, 5.41) is 0. The molecule has 5 nitrogen and oxygen atoms in total. The Balaban J connectivity index is 1.26. The monoisotopic (exact) mass is 443 g/mol. The van der Waals surface area contributed by atoms with Gasteiger partial charge in [0.2, 0.25) is 11.8 Å². The quantitative estimate of drug-likeness (QED) is 0.471. The van der Waals surface area contributed by atoms with Gasteiger partial charge >= 0.3 is 0 Å². The average Bonchev–Trinajstić information content (AvgIpc) is 3.44. The molecule has 2 aliphatic rings.